The maximum Gasteiger partial charge on any atom is 0.225 e. The first-order chi connectivity index (χ1) is 12.3. The first kappa shape index (κ1) is 18.4. The number of carbonyl (C=O) groups excluding carboxylic acids is 1. The van der Waals surface area contributed by atoms with Crippen LogP contribution in [0.5, 0.6) is 11.5 Å². The highest BCUT2D eigenvalue weighted by atomic mass is 79.9. The van der Waals surface area contributed by atoms with Crippen molar-refractivity contribution in [1.29, 1.82) is 0 Å². The van der Waals surface area contributed by atoms with Gasteiger partial charge in [0.15, 0.2) is 0 Å². The van der Waals surface area contributed by atoms with Crippen LogP contribution in [0.2, 0.25) is 5.02 Å². The summed E-state index contributed by atoms with van der Waals surface area (Å²) >= 11 is 10.2. The van der Waals surface area contributed by atoms with Gasteiger partial charge in [0.25, 0.3) is 0 Å². The maximum absolute atomic E-state index is 12.9. The van der Waals surface area contributed by atoms with Crippen LogP contribution in [0.25, 0.3) is 0 Å². The number of halogens is 2. The first-order valence-electron chi connectivity index (χ1n) is 9.24. The summed E-state index contributed by atoms with van der Waals surface area (Å²) in [6, 6.07) is 3.40. The van der Waals surface area contributed by atoms with E-state index in [9.17, 15) is 4.79 Å². The zero-order valence-corrected chi connectivity index (χ0v) is 17.6. The summed E-state index contributed by atoms with van der Waals surface area (Å²) in [6.07, 6.45) is 7.95. The van der Waals surface area contributed by atoms with E-state index in [1.165, 1.54) is 32.1 Å². The van der Waals surface area contributed by atoms with Crippen LogP contribution in [0, 0.1) is 17.3 Å². The fourth-order valence-corrected chi connectivity index (χ4v) is 7.78. The Morgan fingerprint density at radius 3 is 2.42 bits per heavy atom. The number of rotatable bonds is 5. The Kier molecular flexibility index (Phi) is 4.67. The number of nitrogens with one attached hydrogen (secondary N) is 1. The number of ether oxygens (including phenoxy) is 2. The SMILES string of the molecule is COc1cc(NC(=O)CC23CC4CC(CC(Br)(C4)C2)C3)c(OC)cc1Cl. The molecule has 4 nitrogen and oxygen atoms in total. The summed E-state index contributed by atoms with van der Waals surface area (Å²) in [5.74, 6) is 2.66. The number of alkyl halides is 1. The first-order valence-corrected chi connectivity index (χ1v) is 10.4. The van der Waals surface area contributed by atoms with E-state index in [0.717, 1.165) is 18.3 Å². The second-order valence-electron chi connectivity index (χ2n) is 8.52. The maximum atomic E-state index is 12.9. The van der Waals surface area contributed by atoms with Gasteiger partial charge in [-0.05, 0) is 55.8 Å². The molecule has 0 aliphatic heterocycles. The molecule has 0 saturated heterocycles. The van der Waals surface area contributed by atoms with Crippen molar-refractivity contribution >= 4 is 39.1 Å². The molecule has 142 valence electrons. The van der Waals surface area contributed by atoms with Gasteiger partial charge < -0.3 is 14.8 Å². The Bertz CT molecular complexity index is 724. The van der Waals surface area contributed by atoms with E-state index in [1.807, 2.05) is 0 Å². The molecule has 6 heteroatoms. The van der Waals surface area contributed by atoms with Crippen LogP contribution in [0.3, 0.4) is 0 Å². The summed E-state index contributed by atoms with van der Waals surface area (Å²) in [4.78, 5) is 12.9. The Balaban J connectivity index is 1.51. The molecule has 1 aromatic carbocycles. The normalized spacial score (nSPS) is 34.6. The van der Waals surface area contributed by atoms with E-state index in [1.54, 1.807) is 26.4 Å². The van der Waals surface area contributed by atoms with E-state index in [0.29, 0.717) is 28.6 Å². The highest BCUT2D eigenvalue weighted by Gasteiger charge is 2.57. The number of methoxy groups -OCH3 is 2. The summed E-state index contributed by atoms with van der Waals surface area (Å²) in [5.41, 5.74) is 0.749. The molecule has 26 heavy (non-hydrogen) atoms. The minimum absolute atomic E-state index is 0.0470. The van der Waals surface area contributed by atoms with Crippen LogP contribution in [-0.2, 0) is 4.79 Å². The topological polar surface area (TPSA) is 47.6 Å². The third-order valence-corrected chi connectivity index (χ3v) is 7.62. The average Bonchev–Trinajstić information content (AvgIpc) is 2.53. The second kappa shape index (κ2) is 6.59. The monoisotopic (exact) mass is 441 g/mol. The van der Waals surface area contributed by atoms with Gasteiger partial charge in [0.05, 0.1) is 24.9 Å². The zero-order chi connectivity index (χ0) is 18.5. The van der Waals surface area contributed by atoms with Gasteiger partial charge in [0.2, 0.25) is 5.91 Å². The molecular weight excluding hydrogens is 418 g/mol. The van der Waals surface area contributed by atoms with E-state index in [-0.39, 0.29) is 15.6 Å². The highest BCUT2D eigenvalue weighted by molar-refractivity contribution is 9.10. The van der Waals surface area contributed by atoms with Crippen molar-refractivity contribution in [3.8, 4) is 11.5 Å². The lowest BCUT2D eigenvalue weighted by Crippen LogP contribution is -2.53. The van der Waals surface area contributed by atoms with Crippen LogP contribution in [-0.4, -0.2) is 24.5 Å². The van der Waals surface area contributed by atoms with Gasteiger partial charge in [0, 0.05) is 22.9 Å². The predicted molar refractivity (Wildman–Crippen MR) is 107 cm³/mol. The van der Waals surface area contributed by atoms with Crippen molar-refractivity contribution in [2.75, 3.05) is 19.5 Å². The van der Waals surface area contributed by atoms with Gasteiger partial charge in [-0.1, -0.05) is 27.5 Å². The number of carbonyl (C=O) groups is 1. The molecule has 5 rings (SSSR count). The minimum atomic E-state index is 0.0470. The highest BCUT2D eigenvalue weighted by Crippen LogP contribution is 2.65. The van der Waals surface area contributed by atoms with Crippen molar-refractivity contribution < 1.29 is 14.3 Å². The zero-order valence-electron chi connectivity index (χ0n) is 15.2. The van der Waals surface area contributed by atoms with Crippen LogP contribution in [0.1, 0.15) is 44.9 Å². The van der Waals surface area contributed by atoms with E-state index in [2.05, 4.69) is 21.2 Å². The molecule has 2 unspecified atom stereocenters. The summed E-state index contributed by atoms with van der Waals surface area (Å²) < 4.78 is 10.9. The Morgan fingerprint density at radius 2 is 1.85 bits per heavy atom. The summed E-state index contributed by atoms with van der Waals surface area (Å²) in [7, 11) is 3.13. The van der Waals surface area contributed by atoms with E-state index >= 15 is 0 Å². The third-order valence-electron chi connectivity index (χ3n) is 6.39. The molecule has 0 heterocycles. The van der Waals surface area contributed by atoms with Crippen molar-refractivity contribution in [2.45, 2.75) is 49.3 Å². The fraction of sp³-hybridized carbons (Fsp3) is 0.650. The predicted octanol–water partition coefficient (Wildman–Crippen LogP) is 5.42. The minimum Gasteiger partial charge on any atom is -0.495 e. The molecular formula is C20H25BrClNO3. The van der Waals surface area contributed by atoms with E-state index in [4.69, 9.17) is 21.1 Å². The molecule has 4 saturated carbocycles. The number of benzene rings is 1. The van der Waals surface area contributed by atoms with Crippen LogP contribution < -0.4 is 14.8 Å². The molecule has 0 radical (unpaired) electrons. The Morgan fingerprint density at radius 1 is 1.19 bits per heavy atom. The van der Waals surface area contributed by atoms with Gasteiger partial charge in [-0.3, -0.25) is 4.79 Å². The van der Waals surface area contributed by atoms with Crippen molar-refractivity contribution in [3.05, 3.63) is 17.2 Å². The second-order valence-corrected chi connectivity index (χ2v) is 10.6. The molecule has 4 fully saturated rings. The third kappa shape index (κ3) is 3.33. The smallest absolute Gasteiger partial charge is 0.225 e. The van der Waals surface area contributed by atoms with Gasteiger partial charge in [-0.15, -0.1) is 0 Å². The van der Waals surface area contributed by atoms with Crippen molar-refractivity contribution in [2.24, 2.45) is 17.3 Å². The molecule has 4 bridgehead atoms. The Labute approximate surface area is 168 Å². The number of anilines is 1. The lowest BCUT2D eigenvalue weighted by atomic mass is 9.48. The molecule has 0 spiro atoms. The van der Waals surface area contributed by atoms with Crippen molar-refractivity contribution in [1.82, 2.24) is 0 Å². The number of amides is 1. The molecule has 1 amide bonds. The Hall–Kier alpha value is -0.940. The van der Waals surface area contributed by atoms with Crippen molar-refractivity contribution in [3.63, 3.8) is 0 Å². The molecule has 1 N–H and O–H groups in total. The number of hydrogen-bond acceptors (Lipinski definition) is 3. The molecule has 4 aliphatic carbocycles. The molecule has 4 aliphatic rings. The lowest BCUT2D eigenvalue weighted by Gasteiger charge is -2.60. The fourth-order valence-electron chi connectivity index (χ4n) is 6.04. The molecule has 1 aromatic rings. The van der Waals surface area contributed by atoms with Crippen LogP contribution in [0.15, 0.2) is 12.1 Å². The quantitative estimate of drug-likeness (QED) is 0.619. The van der Waals surface area contributed by atoms with Gasteiger partial charge in [0.1, 0.15) is 11.5 Å². The van der Waals surface area contributed by atoms with E-state index < -0.39 is 0 Å². The lowest BCUT2D eigenvalue weighted by molar-refractivity contribution is -0.123. The summed E-state index contributed by atoms with van der Waals surface area (Å²) in [6.45, 7) is 0. The largest absolute Gasteiger partial charge is 0.495 e. The molecule has 2 atom stereocenters. The molecule has 0 aromatic heterocycles. The van der Waals surface area contributed by atoms with Gasteiger partial charge in [-0.25, -0.2) is 0 Å². The standard InChI is InChI=1S/C20H25BrClNO3/c1-25-16-5-15(17(26-2)4-14(16)22)23-18(24)10-19-6-12-3-13(7-19)9-20(21,8-12)11-19/h4-5,12-13H,3,6-11H2,1-2H3,(H,23,24). The van der Waals surface area contributed by atoms with Gasteiger partial charge in [-0.2, -0.15) is 0 Å². The average molecular weight is 443 g/mol. The van der Waals surface area contributed by atoms with Crippen LogP contribution >= 0.6 is 27.5 Å². The van der Waals surface area contributed by atoms with Crippen LogP contribution in [0.4, 0.5) is 5.69 Å². The summed E-state index contributed by atoms with van der Waals surface area (Å²) in [5, 5.41) is 3.50. The number of hydrogen-bond donors (Lipinski definition) is 1. The van der Waals surface area contributed by atoms with Gasteiger partial charge >= 0.3 is 0 Å².